The molecule has 0 spiro atoms. The minimum absolute atomic E-state index is 0.0988. The molecule has 1 aromatic rings. The van der Waals surface area contributed by atoms with Crippen molar-refractivity contribution in [1.29, 1.82) is 0 Å². The number of benzene rings is 1. The molecule has 0 saturated carbocycles. The van der Waals surface area contributed by atoms with Crippen LogP contribution in [0, 0.1) is 0 Å². The van der Waals surface area contributed by atoms with E-state index in [1.807, 2.05) is 0 Å². The number of ether oxygens (including phenoxy) is 1. The second kappa shape index (κ2) is 5.40. The number of amides is 1. The number of anilines is 1. The molecule has 7 heteroatoms. The van der Waals surface area contributed by atoms with Crippen LogP contribution in [0.25, 0.3) is 0 Å². The molecule has 1 aliphatic rings. The summed E-state index contributed by atoms with van der Waals surface area (Å²) in [5, 5.41) is 2.67. The third kappa shape index (κ3) is 3.62. The minimum Gasteiger partial charge on any atom is -0.492 e. The molecule has 104 valence electrons. The molecular weight excluding hydrogens is 327 g/mol. The fourth-order valence-corrected chi connectivity index (χ4v) is 1.84. The van der Waals surface area contributed by atoms with Crippen LogP contribution in [0.3, 0.4) is 0 Å². The van der Waals surface area contributed by atoms with E-state index in [-0.39, 0.29) is 5.91 Å². The van der Waals surface area contributed by atoms with Crippen molar-refractivity contribution in [2.45, 2.75) is 23.8 Å². The summed E-state index contributed by atoms with van der Waals surface area (Å²) in [5.41, 5.74) is 1.56. The molecule has 2 rings (SSSR count). The van der Waals surface area contributed by atoms with Crippen LogP contribution in [0.1, 0.15) is 12.0 Å². The van der Waals surface area contributed by atoms with Gasteiger partial charge in [0.15, 0.2) is 0 Å². The molecule has 0 saturated heterocycles. The van der Waals surface area contributed by atoms with Gasteiger partial charge in [0.1, 0.15) is 17.2 Å². The topological polar surface area (TPSA) is 38.3 Å². The van der Waals surface area contributed by atoms with Crippen molar-refractivity contribution in [1.82, 2.24) is 0 Å². The van der Waals surface area contributed by atoms with E-state index in [1.165, 1.54) is 0 Å². The lowest BCUT2D eigenvalue weighted by atomic mass is 10.0. The van der Waals surface area contributed by atoms with Crippen molar-refractivity contribution in [2.24, 2.45) is 0 Å². The Morgan fingerprint density at radius 3 is 2.79 bits per heavy atom. The van der Waals surface area contributed by atoms with Crippen LogP contribution in [0.2, 0.25) is 0 Å². The highest BCUT2D eigenvalue weighted by atomic mass is 79.9. The van der Waals surface area contributed by atoms with Gasteiger partial charge in [-0.1, -0.05) is 22.0 Å². The lowest BCUT2D eigenvalue weighted by molar-refractivity contribution is -0.132. The monoisotopic (exact) mass is 337 g/mol. The number of carbonyl (C=O) groups is 1. The Morgan fingerprint density at radius 1 is 1.37 bits per heavy atom. The van der Waals surface area contributed by atoms with Gasteiger partial charge in [0.25, 0.3) is 0 Å². The van der Waals surface area contributed by atoms with Crippen LogP contribution in [0.15, 0.2) is 18.2 Å². The predicted octanol–water partition coefficient (Wildman–Crippen LogP) is 3.28. The summed E-state index contributed by atoms with van der Waals surface area (Å²) in [6.07, 6.45) is -3.29. The van der Waals surface area contributed by atoms with E-state index in [2.05, 4.69) is 21.2 Å². The lowest BCUT2D eigenvalue weighted by Crippen LogP contribution is -2.28. The van der Waals surface area contributed by atoms with Crippen molar-refractivity contribution in [3.63, 3.8) is 0 Å². The van der Waals surface area contributed by atoms with Crippen molar-refractivity contribution < 1.29 is 22.7 Å². The average Bonchev–Trinajstić information content (AvgIpc) is 2.34. The van der Waals surface area contributed by atoms with Gasteiger partial charge in [-0.05, 0) is 18.1 Å². The molecule has 1 amide bonds. The number of fused-ring (bicyclic) bond motifs is 1. The Morgan fingerprint density at radius 2 is 2.11 bits per heavy atom. The number of carbonyl (C=O) groups excluding carboxylic acids is 1. The van der Waals surface area contributed by atoms with Crippen LogP contribution in [0.4, 0.5) is 18.9 Å². The average molecular weight is 338 g/mol. The van der Waals surface area contributed by atoms with Crippen LogP contribution in [-0.2, 0) is 11.2 Å². The maximum absolute atomic E-state index is 12.3. The van der Waals surface area contributed by atoms with Gasteiger partial charge in [-0.3, -0.25) is 4.79 Å². The van der Waals surface area contributed by atoms with Crippen LogP contribution in [-0.4, -0.2) is 23.5 Å². The quantitative estimate of drug-likeness (QED) is 0.859. The molecule has 0 fully saturated rings. The predicted molar refractivity (Wildman–Crippen MR) is 67.7 cm³/mol. The van der Waals surface area contributed by atoms with Gasteiger partial charge >= 0.3 is 6.18 Å². The van der Waals surface area contributed by atoms with Gasteiger partial charge in [0, 0.05) is 18.2 Å². The van der Waals surface area contributed by atoms with Crippen LogP contribution in [0.5, 0.6) is 5.75 Å². The molecule has 19 heavy (non-hydrogen) atoms. The molecule has 3 nitrogen and oxygen atoms in total. The van der Waals surface area contributed by atoms with Gasteiger partial charge in [-0.15, -0.1) is 0 Å². The smallest absolute Gasteiger partial charge is 0.404 e. The summed E-state index contributed by atoms with van der Waals surface area (Å²) < 4.78 is 42.0. The van der Waals surface area contributed by atoms with Gasteiger partial charge in [-0.2, -0.15) is 13.2 Å². The normalized spacial score (nSPS) is 16.5. The Labute approximate surface area is 116 Å². The van der Waals surface area contributed by atoms with E-state index in [4.69, 9.17) is 4.74 Å². The molecule has 0 bridgehead atoms. The molecule has 1 heterocycles. The fourth-order valence-electron chi connectivity index (χ4n) is 1.70. The van der Waals surface area contributed by atoms with E-state index >= 15 is 0 Å². The Hall–Kier alpha value is -1.24. The van der Waals surface area contributed by atoms with Crippen LogP contribution < -0.4 is 10.1 Å². The number of hydrogen-bond donors (Lipinski definition) is 1. The SMILES string of the molecule is O=C1CCc2ccc(OCC(Br)C(F)(F)F)cc2N1. The van der Waals surface area contributed by atoms with E-state index in [0.29, 0.717) is 24.3 Å². The highest BCUT2D eigenvalue weighted by Gasteiger charge is 2.38. The molecule has 1 aliphatic heterocycles. The second-order valence-electron chi connectivity index (χ2n) is 4.19. The maximum atomic E-state index is 12.3. The van der Waals surface area contributed by atoms with Crippen molar-refractivity contribution in [2.75, 3.05) is 11.9 Å². The fraction of sp³-hybridized carbons (Fsp3) is 0.417. The summed E-state index contributed by atoms with van der Waals surface area (Å²) in [7, 11) is 0. The molecule has 0 radical (unpaired) electrons. The lowest BCUT2D eigenvalue weighted by Gasteiger charge is -2.19. The van der Waals surface area contributed by atoms with Gasteiger partial charge in [0.2, 0.25) is 5.91 Å². The standard InChI is InChI=1S/C12H11BrF3NO2/c13-10(12(14,15)16)6-19-8-3-1-7-2-4-11(18)17-9(7)5-8/h1,3,5,10H,2,4,6H2,(H,17,18). The highest BCUT2D eigenvalue weighted by Crippen LogP contribution is 2.29. The first-order valence-corrected chi connectivity index (χ1v) is 6.54. The molecule has 0 aliphatic carbocycles. The Kier molecular flexibility index (Phi) is 4.03. The summed E-state index contributed by atoms with van der Waals surface area (Å²) in [6.45, 7) is -0.518. The number of alkyl halides is 4. The largest absolute Gasteiger partial charge is 0.492 e. The molecule has 1 unspecified atom stereocenters. The zero-order chi connectivity index (χ0) is 14.0. The first-order chi connectivity index (χ1) is 8.86. The second-order valence-corrected chi connectivity index (χ2v) is 5.29. The number of aryl methyl sites for hydroxylation is 1. The minimum atomic E-state index is -4.34. The van der Waals surface area contributed by atoms with E-state index < -0.39 is 17.6 Å². The molecule has 1 aromatic carbocycles. The Bertz CT molecular complexity index is 490. The van der Waals surface area contributed by atoms with Gasteiger partial charge in [-0.25, -0.2) is 0 Å². The first kappa shape index (κ1) is 14.2. The summed E-state index contributed by atoms with van der Waals surface area (Å²) in [4.78, 5) is 9.51. The molecule has 1 atom stereocenters. The third-order valence-electron chi connectivity index (χ3n) is 2.73. The van der Waals surface area contributed by atoms with Crippen LogP contribution >= 0.6 is 15.9 Å². The summed E-state index contributed by atoms with van der Waals surface area (Å²) >= 11 is 2.52. The zero-order valence-electron chi connectivity index (χ0n) is 9.76. The molecule has 0 aromatic heterocycles. The summed E-state index contributed by atoms with van der Waals surface area (Å²) in [6, 6.07) is 4.90. The number of halogens is 4. The number of nitrogens with one attached hydrogen (secondary N) is 1. The third-order valence-corrected chi connectivity index (χ3v) is 3.51. The molecular formula is C12H11BrF3NO2. The zero-order valence-corrected chi connectivity index (χ0v) is 11.3. The van der Waals surface area contributed by atoms with Crippen molar-refractivity contribution >= 4 is 27.5 Å². The maximum Gasteiger partial charge on any atom is 0.404 e. The van der Waals surface area contributed by atoms with E-state index in [9.17, 15) is 18.0 Å². The first-order valence-electron chi connectivity index (χ1n) is 5.62. The highest BCUT2D eigenvalue weighted by molar-refractivity contribution is 9.09. The van der Waals surface area contributed by atoms with Crippen molar-refractivity contribution in [3.8, 4) is 5.75 Å². The molecule has 1 N–H and O–H groups in total. The Balaban J connectivity index is 2.02. The number of hydrogen-bond acceptors (Lipinski definition) is 2. The number of rotatable bonds is 3. The van der Waals surface area contributed by atoms with Gasteiger partial charge < -0.3 is 10.1 Å². The summed E-state index contributed by atoms with van der Waals surface area (Å²) in [5.74, 6) is 0.202. The van der Waals surface area contributed by atoms with Crippen molar-refractivity contribution in [3.05, 3.63) is 23.8 Å². The van der Waals surface area contributed by atoms with Gasteiger partial charge in [0.05, 0.1) is 0 Å². The van der Waals surface area contributed by atoms with E-state index in [1.54, 1.807) is 18.2 Å². The van der Waals surface area contributed by atoms with E-state index in [0.717, 1.165) is 5.56 Å².